The maximum atomic E-state index is 12.1. The number of aromatic amines is 1. The van der Waals surface area contributed by atoms with Crippen molar-refractivity contribution in [2.75, 3.05) is 32.7 Å². The molecule has 1 aliphatic rings. The molecule has 0 spiro atoms. The maximum Gasteiger partial charge on any atom is 0.271 e. The van der Waals surface area contributed by atoms with Crippen LogP contribution in [0.2, 0.25) is 0 Å². The van der Waals surface area contributed by atoms with E-state index in [0.717, 1.165) is 39.0 Å². The molecule has 0 bridgehead atoms. The molecule has 0 aromatic carbocycles. The molecule has 3 N–H and O–H groups in total. The lowest BCUT2D eigenvalue weighted by Gasteiger charge is -2.38. The van der Waals surface area contributed by atoms with Crippen LogP contribution in [0.1, 0.15) is 30.3 Å². The van der Waals surface area contributed by atoms with Gasteiger partial charge in [0.1, 0.15) is 5.69 Å². The summed E-state index contributed by atoms with van der Waals surface area (Å²) in [6.07, 6.45) is 3.88. The zero-order valence-corrected chi connectivity index (χ0v) is 11.5. The minimum absolute atomic E-state index is 0.0388. The number of hydrogen-bond donors (Lipinski definition) is 2. The summed E-state index contributed by atoms with van der Waals surface area (Å²) in [5, 5.41) is 6.54. The molecular formula is C13H23N5O. The Hall–Kier alpha value is -1.40. The lowest BCUT2D eigenvalue weighted by Crippen LogP contribution is -2.53. The van der Waals surface area contributed by atoms with Gasteiger partial charge in [-0.15, -0.1) is 0 Å². The Morgan fingerprint density at radius 1 is 1.47 bits per heavy atom. The van der Waals surface area contributed by atoms with Crippen LogP contribution in [0.5, 0.6) is 0 Å². The Morgan fingerprint density at radius 3 is 2.74 bits per heavy atom. The highest BCUT2D eigenvalue weighted by Gasteiger charge is 2.25. The van der Waals surface area contributed by atoms with Crippen molar-refractivity contribution < 1.29 is 4.79 Å². The third kappa shape index (κ3) is 3.33. The number of H-pyrrole nitrogens is 1. The fraction of sp³-hybridized carbons (Fsp3) is 0.692. The van der Waals surface area contributed by atoms with Gasteiger partial charge in [0.15, 0.2) is 0 Å². The Bertz CT molecular complexity index is 384. The number of piperazine rings is 1. The molecule has 1 unspecified atom stereocenters. The van der Waals surface area contributed by atoms with Crippen LogP contribution >= 0.6 is 0 Å². The van der Waals surface area contributed by atoms with Crippen LogP contribution in [0, 0.1) is 0 Å². The zero-order valence-electron chi connectivity index (χ0n) is 11.5. The highest BCUT2D eigenvalue weighted by atomic mass is 16.2. The van der Waals surface area contributed by atoms with Gasteiger partial charge in [-0.25, -0.2) is 0 Å². The summed E-state index contributed by atoms with van der Waals surface area (Å²) in [4.78, 5) is 16.4. The van der Waals surface area contributed by atoms with Gasteiger partial charge in [-0.3, -0.25) is 14.8 Å². The first-order valence-electron chi connectivity index (χ1n) is 6.99. The summed E-state index contributed by atoms with van der Waals surface area (Å²) in [6.45, 7) is 6.21. The first-order chi connectivity index (χ1) is 9.26. The van der Waals surface area contributed by atoms with E-state index < -0.39 is 0 Å². The third-order valence-electron chi connectivity index (χ3n) is 3.74. The van der Waals surface area contributed by atoms with Crippen molar-refractivity contribution in [3.05, 3.63) is 18.0 Å². The highest BCUT2D eigenvalue weighted by molar-refractivity contribution is 5.92. The highest BCUT2D eigenvalue weighted by Crippen LogP contribution is 2.12. The molecule has 106 valence electrons. The zero-order chi connectivity index (χ0) is 13.7. The van der Waals surface area contributed by atoms with Crippen molar-refractivity contribution in [2.24, 2.45) is 5.73 Å². The van der Waals surface area contributed by atoms with Crippen molar-refractivity contribution in [3.8, 4) is 0 Å². The summed E-state index contributed by atoms with van der Waals surface area (Å²) in [5.74, 6) is 0.0388. The Labute approximate surface area is 113 Å². The molecule has 1 aromatic rings. The molecule has 1 saturated heterocycles. The first-order valence-corrected chi connectivity index (χ1v) is 6.99. The second-order valence-corrected chi connectivity index (χ2v) is 4.98. The van der Waals surface area contributed by atoms with Crippen LogP contribution < -0.4 is 5.73 Å². The molecule has 0 radical (unpaired) electrons. The number of nitrogens with zero attached hydrogens (tertiary/aromatic N) is 3. The van der Waals surface area contributed by atoms with E-state index in [9.17, 15) is 4.79 Å². The molecule has 2 heterocycles. The van der Waals surface area contributed by atoms with Crippen LogP contribution in [0.3, 0.4) is 0 Å². The number of aromatic nitrogens is 2. The molecule has 1 atom stereocenters. The molecule has 1 aliphatic heterocycles. The van der Waals surface area contributed by atoms with Gasteiger partial charge in [-0.2, -0.15) is 5.10 Å². The number of carbonyl (C=O) groups is 1. The van der Waals surface area contributed by atoms with E-state index in [-0.39, 0.29) is 5.91 Å². The molecule has 2 rings (SSSR count). The summed E-state index contributed by atoms with van der Waals surface area (Å²) < 4.78 is 0. The molecule has 1 aromatic heterocycles. The average Bonchev–Trinajstić information content (AvgIpc) is 2.98. The van der Waals surface area contributed by atoms with Crippen molar-refractivity contribution >= 4 is 5.91 Å². The minimum atomic E-state index is 0.0388. The molecule has 6 heteroatoms. The van der Waals surface area contributed by atoms with E-state index in [4.69, 9.17) is 5.73 Å². The second-order valence-electron chi connectivity index (χ2n) is 4.98. The van der Waals surface area contributed by atoms with Crippen LogP contribution in [-0.2, 0) is 0 Å². The predicted molar refractivity (Wildman–Crippen MR) is 73.8 cm³/mol. The first kappa shape index (κ1) is 14.0. The monoisotopic (exact) mass is 265 g/mol. The number of hydrogen-bond acceptors (Lipinski definition) is 4. The predicted octanol–water partition coefficient (Wildman–Crippen LogP) is 0.295. The van der Waals surface area contributed by atoms with Gasteiger partial charge >= 0.3 is 0 Å². The number of nitrogens with one attached hydrogen (secondary N) is 1. The molecule has 1 amide bonds. The minimum Gasteiger partial charge on any atom is -0.335 e. The topological polar surface area (TPSA) is 78.2 Å². The van der Waals surface area contributed by atoms with Gasteiger partial charge in [0.2, 0.25) is 0 Å². The van der Waals surface area contributed by atoms with Crippen molar-refractivity contribution in [1.29, 1.82) is 0 Å². The molecule has 0 aliphatic carbocycles. The summed E-state index contributed by atoms with van der Waals surface area (Å²) in [7, 11) is 0. The summed E-state index contributed by atoms with van der Waals surface area (Å²) in [5.41, 5.74) is 6.39. The Morgan fingerprint density at radius 2 is 2.21 bits per heavy atom. The van der Waals surface area contributed by atoms with Crippen LogP contribution in [0.25, 0.3) is 0 Å². The van der Waals surface area contributed by atoms with Crippen LogP contribution in [0.15, 0.2) is 12.3 Å². The summed E-state index contributed by atoms with van der Waals surface area (Å²) >= 11 is 0. The van der Waals surface area contributed by atoms with E-state index in [1.54, 1.807) is 12.3 Å². The van der Waals surface area contributed by atoms with Crippen LogP contribution in [-0.4, -0.2) is 64.7 Å². The van der Waals surface area contributed by atoms with Gasteiger partial charge in [0.25, 0.3) is 5.91 Å². The largest absolute Gasteiger partial charge is 0.335 e. The molecule has 6 nitrogen and oxygen atoms in total. The van der Waals surface area contributed by atoms with Crippen LogP contribution in [0.4, 0.5) is 0 Å². The van der Waals surface area contributed by atoms with Gasteiger partial charge in [0, 0.05) is 45.0 Å². The fourth-order valence-corrected chi connectivity index (χ4v) is 2.62. The van der Waals surface area contributed by atoms with Gasteiger partial charge in [-0.1, -0.05) is 13.3 Å². The van der Waals surface area contributed by atoms with Gasteiger partial charge in [-0.05, 0) is 12.5 Å². The Kier molecular flexibility index (Phi) is 4.93. The van der Waals surface area contributed by atoms with E-state index in [2.05, 4.69) is 22.0 Å². The van der Waals surface area contributed by atoms with E-state index in [1.807, 2.05) is 4.90 Å². The molecule has 19 heavy (non-hydrogen) atoms. The van der Waals surface area contributed by atoms with Crippen molar-refractivity contribution in [3.63, 3.8) is 0 Å². The standard InChI is InChI=1S/C13H23N5O/c1-2-3-11(10-14)17-6-8-18(9-7-17)13(19)12-4-5-15-16-12/h4-5,11H,2-3,6-10,14H2,1H3,(H,15,16). The normalized spacial score (nSPS) is 18.5. The number of amides is 1. The summed E-state index contributed by atoms with van der Waals surface area (Å²) in [6, 6.07) is 2.17. The number of nitrogens with two attached hydrogens (primary N) is 1. The van der Waals surface area contributed by atoms with E-state index in [0.29, 0.717) is 18.3 Å². The molecular weight excluding hydrogens is 242 g/mol. The van der Waals surface area contributed by atoms with Crippen molar-refractivity contribution in [2.45, 2.75) is 25.8 Å². The van der Waals surface area contributed by atoms with Crippen molar-refractivity contribution in [1.82, 2.24) is 20.0 Å². The second kappa shape index (κ2) is 6.68. The fourth-order valence-electron chi connectivity index (χ4n) is 2.62. The molecule has 1 fully saturated rings. The number of carbonyl (C=O) groups excluding carboxylic acids is 1. The van der Waals surface area contributed by atoms with E-state index >= 15 is 0 Å². The third-order valence-corrected chi connectivity index (χ3v) is 3.74. The average molecular weight is 265 g/mol. The Balaban J connectivity index is 1.87. The van der Waals surface area contributed by atoms with Gasteiger partial charge in [0.05, 0.1) is 0 Å². The maximum absolute atomic E-state index is 12.1. The molecule has 0 saturated carbocycles. The lowest BCUT2D eigenvalue weighted by atomic mass is 10.1. The van der Waals surface area contributed by atoms with E-state index in [1.165, 1.54) is 0 Å². The quantitative estimate of drug-likeness (QED) is 0.802. The lowest BCUT2D eigenvalue weighted by molar-refractivity contribution is 0.0561. The smallest absolute Gasteiger partial charge is 0.271 e. The number of rotatable bonds is 5. The van der Waals surface area contributed by atoms with Gasteiger partial charge < -0.3 is 10.6 Å². The SMILES string of the molecule is CCCC(CN)N1CCN(C(=O)c2ccn[nH]2)CC1.